The van der Waals surface area contributed by atoms with Gasteiger partial charge in [0.05, 0.1) is 66.1 Å². The van der Waals surface area contributed by atoms with Gasteiger partial charge >= 0.3 is 5.97 Å². The first kappa shape index (κ1) is 59.3. The average molecular weight is 948 g/mol. The number of nitrogens with one attached hydrogen (secondary N) is 3. The molecule has 0 aliphatic heterocycles. The van der Waals surface area contributed by atoms with E-state index in [1.807, 2.05) is 0 Å². The molecule has 3 amide bonds. The largest absolute Gasteiger partial charge is 0.420 e. The SMILES string of the molecule is C#CCOCCOCCOCCNC(=O)CCC(CCC=O)(CCC(=O)NCCOCCOCCOCC#C)NC(=O)CCCCCCCCCCC(=O)Oc1c(F)c(F)c(F)c(F)c1F. The van der Waals surface area contributed by atoms with Gasteiger partial charge in [0.15, 0.2) is 0 Å². The van der Waals surface area contributed by atoms with Crippen LogP contribution in [0.25, 0.3) is 0 Å². The van der Waals surface area contributed by atoms with Gasteiger partial charge in [0.25, 0.3) is 0 Å². The topological polar surface area (TPSA) is 186 Å². The molecule has 1 rings (SSSR count). The molecular weight excluding hydrogens is 882 g/mol. The lowest BCUT2D eigenvalue weighted by atomic mass is 9.83. The van der Waals surface area contributed by atoms with Crippen molar-refractivity contribution in [1.82, 2.24) is 16.0 Å². The molecular formula is C46H66F5N3O12. The second kappa shape index (κ2) is 38.4. The minimum Gasteiger partial charge on any atom is -0.420 e. The Hall–Kier alpha value is -4.70. The molecule has 0 saturated carbocycles. The van der Waals surface area contributed by atoms with E-state index in [0.29, 0.717) is 72.1 Å². The number of carbonyl (C=O) groups is 5. The van der Waals surface area contributed by atoms with Crippen LogP contribution >= 0.6 is 0 Å². The molecule has 0 atom stereocenters. The fraction of sp³-hybridized carbons (Fsp3) is 0.674. The van der Waals surface area contributed by atoms with Crippen molar-refractivity contribution in [3.8, 4) is 30.4 Å². The van der Waals surface area contributed by atoms with E-state index >= 15 is 0 Å². The summed E-state index contributed by atoms with van der Waals surface area (Å²) in [5, 5.41) is 8.64. The predicted octanol–water partition coefficient (Wildman–Crippen LogP) is 5.18. The van der Waals surface area contributed by atoms with E-state index in [1.165, 1.54) is 0 Å². The number of rotatable bonds is 42. The van der Waals surface area contributed by atoms with Crippen LogP contribution in [0.3, 0.4) is 0 Å². The molecule has 0 radical (unpaired) electrons. The van der Waals surface area contributed by atoms with Gasteiger partial charge in [-0.15, -0.1) is 12.8 Å². The van der Waals surface area contributed by atoms with E-state index in [2.05, 4.69) is 32.5 Å². The number of hydrogen-bond donors (Lipinski definition) is 3. The van der Waals surface area contributed by atoms with Crippen molar-refractivity contribution in [2.24, 2.45) is 0 Å². The first-order valence-electron chi connectivity index (χ1n) is 22.2. The normalized spacial score (nSPS) is 11.1. The van der Waals surface area contributed by atoms with Gasteiger partial charge in [0.2, 0.25) is 52.6 Å². The molecule has 0 aliphatic carbocycles. The lowest BCUT2D eigenvalue weighted by Crippen LogP contribution is -2.50. The van der Waals surface area contributed by atoms with Crippen LogP contribution in [-0.4, -0.2) is 128 Å². The lowest BCUT2D eigenvalue weighted by Gasteiger charge is -2.35. The third kappa shape index (κ3) is 28.4. The summed E-state index contributed by atoms with van der Waals surface area (Å²) in [5.74, 6) is -10.1. The Bertz CT molecular complexity index is 1580. The molecule has 0 saturated heterocycles. The first-order chi connectivity index (χ1) is 31.9. The third-order valence-corrected chi connectivity index (χ3v) is 9.72. The number of amides is 3. The van der Waals surface area contributed by atoms with E-state index in [4.69, 9.17) is 41.3 Å². The molecule has 3 N–H and O–H groups in total. The molecule has 0 bridgehead atoms. The van der Waals surface area contributed by atoms with Gasteiger partial charge in [0, 0.05) is 50.7 Å². The zero-order valence-corrected chi connectivity index (χ0v) is 37.7. The molecule has 0 heterocycles. The van der Waals surface area contributed by atoms with Crippen LogP contribution < -0.4 is 20.7 Å². The van der Waals surface area contributed by atoms with Gasteiger partial charge in [0.1, 0.15) is 19.5 Å². The number of terminal acetylenes is 2. The maximum atomic E-state index is 13.8. The van der Waals surface area contributed by atoms with E-state index in [1.54, 1.807) is 0 Å². The number of benzene rings is 1. The zero-order valence-electron chi connectivity index (χ0n) is 37.7. The van der Waals surface area contributed by atoms with Crippen LogP contribution in [0.2, 0.25) is 0 Å². The van der Waals surface area contributed by atoms with Crippen molar-refractivity contribution < 1.29 is 79.1 Å². The van der Waals surface area contributed by atoms with E-state index in [-0.39, 0.29) is 115 Å². The van der Waals surface area contributed by atoms with Gasteiger partial charge in [-0.1, -0.05) is 50.4 Å². The van der Waals surface area contributed by atoms with Crippen LogP contribution in [0.5, 0.6) is 5.75 Å². The maximum absolute atomic E-state index is 13.8. The highest BCUT2D eigenvalue weighted by Gasteiger charge is 2.33. The molecule has 0 fully saturated rings. The summed E-state index contributed by atoms with van der Waals surface area (Å²) in [7, 11) is 0. The van der Waals surface area contributed by atoms with Crippen molar-refractivity contribution in [2.45, 2.75) is 108 Å². The standard InChI is InChI=1S/C46H66F5N3O12/c1-3-24-60-28-32-64-34-30-62-26-21-52-36(56)16-19-46(18-13-23-55,20-17-37(57)53-22-27-63-31-35-65-33-29-61-25-4-2)54-38(58)14-11-9-7-5-6-8-10-12-15-39(59)66-45-43(50)41(48)40(47)42(49)44(45)51/h1-2,23H,5-22,24-35H2,(H,52,56)(H,53,57)(H,54,58). The summed E-state index contributed by atoms with van der Waals surface area (Å²) >= 11 is 0. The second-order valence-corrected chi connectivity index (χ2v) is 14.9. The summed E-state index contributed by atoms with van der Waals surface area (Å²) < 4.78 is 104. The molecule has 372 valence electrons. The molecule has 20 heteroatoms. The number of ether oxygens (including phenoxy) is 7. The Morgan fingerprint density at radius 2 is 0.894 bits per heavy atom. The van der Waals surface area contributed by atoms with Gasteiger partial charge in [-0.3, -0.25) is 19.2 Å². The van der Waals surface area contributed by atoms with E-state index in [0.717, 1.165) is 32.0 Å². The molecule has 0 unspecified atom stereocenters. The molecule has 66 heavy (non-hydrogen) atoms. The van der Waals surface area contributed by atoms with Crippen molar-refractivity contribution >= 4 is 30.0 Å². The van der Waals surface area contributed by atoms with Crippen molar-refractivity contribution in [3.05, 3.63) is 29.1 Å². The zero-order chi connectivity index (χ0) is 48.7. The number of halogens is 5. The molecule has 15 nitrogen and oxygen atoms in total. The quantitative estimate of drug-likeness (QED) is 0.0114. The molecule has 0 spiro atoms. The van der Waals surface area contributed by atoms with Crippen molar-refractivity contribution in [1.29, 1.82) is 0 Å². The number of aldehydes is 1. The Kier molecular flexibility index (Phi) is 34.5. The third-order valence-electron chi connectivity index (χ3n) is 9.72. The first-order valence-corrected chi connectivity index (χ1v) is 22.2. The Morgan fingerprint density at radius 3 is 1.33 bits per heavy atom. The second-order valence-electron chi connectivity index (χ2n) is 14.9. The highest BCUT2D eigenvalue weighted by Crippen LogP contribution is 2.30. The monoisotopic (exact) mass is 947 g/mol. The van der Waals surface area contributed by atoms with Gasteiger partial charge < -0.3 is 53.9 Å². The molecule has 1 aromatic carbocycles. The predicted molar refractivity (Wildman–Crippen MR) is 231 cm³/mol. The summed E-state index contributed by atoms with van der Waals surface area (Å²) in [5.41, 5.74) is -1.03. The van der Waals surface area contributed by atoms with Crippen LogP contribution in [0.15, 0.2) is 0 Å². The van der Waals surface area contributed by atoms with Crippen molar-refractivity contribution in [3.63, 3.8) is 0 Å². The smallest absolute Gasteiger partial charge is 0.311 e. The van der Waals surface area contributed by atoms with Crippen molar-refractivity contribution in [2.75, 3.05) is 92.4 Å². The van der Waals surface area contributed by atoms with Crippen LogP contribution in [0, 0.1) is 53.8 Å². The lowest BCUT2D eigenvalue weighted by molar-refractivity contribution is -0.135. The molecule has 0 aliphatic rings. The summed E-state index contributed by atoms with van der Waals surface area (Å²) in [6.07, 6.45) is 16.7. The number of esters is 1. The minimum absolute atomic E-state index is 0.0139. The number of unbranched alkanes of at least 4 members (excludes halogenated alkanes) is 7. The summed E-state index contributed by atoms with van der Waals surface area (Å²) in [6, 6.07) is 0. The van der Waals surface area contributed by atoms with Gasteiger partial charge in [-0.2, -0.15) is 8.78 Å². The summed E-state index contributed by atoms with van der Waals surface area (Å²) in [4.78, 5) is 62.6. The highest BCUT2D eigenvalue weighted by molar-refractivity contribution is 5.79. The van der Waals surface area contributed by atoms with Crippen LogP contribution in [0.1, 0.15) is 103 Å². The number of carbonyl (C=O) groups excluding carboxylic acids is 5. The van der Waals surface area contributed by atoms with Gasteiger partial charge in [-0.05, 0) is 32.1 Å². The molecule has 0 aromatic heterocycles. The Labute approximate surface area is 384 Å². The van der Waals surface area contributed by atoms with Gasteiger partial charge in [-0.25, -0.2) is 13.2 Å². The summed E-state index contributed by atoms with van der Waals surface area (Å²) in [6.45, 7) is 4.15. The van der Waals surface area contributed by atoms with E-state index in [9.17, 15) is 45.9 Å². The fourth-order valence-corrected chi connectivity index (χ4v) is 6.26. The average Bonchev–Trinajstić information content (AvgIpc) is 3.31. The molecule has 1 aromatic rings. The Balaban J connectivity index is 2.57. The number of hydrogen-bond acceptors (Lipinski definition) is 12. The minimum atomic E-state index is -2.35. The van der Waals surface area contributed by atoms with Crippen LogP contribution in [-0.2, 0) is 52.4 Å². The fourth-order valence-electron chi connectivity index (χ4n) is 6.26. The van der Waals surface area contributed by atoms with E-state index < -0.39 is 46.3 Å². The maximum Gasteiger partial charge on any atom is 0.311 e. The van der Waals surface area contributed by atoms with Crippen LogP contribution in [0.4, 0.5) is 22.0 Å². The Morgan fingerprint density at radius 1 is 0.500 bits per heavy atom. The highest BCUT2D eigenvalue weighted by atomic mass is 19.2.